The fraction of sp³-hybridized carbons (Fsp3) is 0.353. The highest BCUT2D eigenvalue weighted by Gasteiger charge is 2.26. The van der Waals surface area contributed by atoms with Gasteiger partial charge < -0.3 is 10.5 Å². The van der Waals surface area contributed by atoms with Crippen LogP contribution in [0.1, 0.15) is 22.9 Å². The lowest BCUT2D eigenvalue weighted by Crippen LogP contribution is -2.39. The average Bonchev–Trinajstić information content (AvgIpc) is 2.55. The van der Waals surface area contributed by atoms with Crippen LogP contribution in [0.15, 0.2) is 42.5 Å². The second-order valence-corrected chi connectivity index (χ2v) is 5.34. The minimum Gasteiger partial charge on any atom is -0.481 e. The summed E-state index contributed by atoms with van der Waals surface area (Å²) >= 11 is 0. The van der Waals surface area contributed by atoms with Gasteiger partial charge in [0, 0.05) is 31.7 Å². The van der Waals surface area contributed by atoms with Gasteiger partial charge in [-0.3, -0.25) is 4.90 Å². The molecule has 1 aromatic heterocycles. The third-order valence-corrected chi connectivity index (χ3v) is 4.10. The van der Waals surface area contributed by atoms with Crippen LogP contribution in [0.25, 0.3) is 0 Å². The summed E-state index contributed by atoms with van der Waals surface area (Å²) in [6.45, 7) is 2.44. The van der Waals surface area contributed by atoms with Crippen LogP contribution in [0.4, 0.5) is 0 Å². The first kappa shape index (κ1) is 14.0. The second-order valence-electron chi connectivity index (χ2n) is 5.34. The van der Waals surface area contributed by atoms with Gasteiger partial charge in [-0.25, -0.2) is 4.98 Å². The molecule has 0 bridgehead atoms. The number of hydrogen-bond acceptors (Lipinski definition) is 4. The van der Waals surface area contributed by atoms with Crippen molar-refractivity contribution in [3.63, 3.8) is 0 Å². The van der Waals surface area contributed by atoms with E-state index in [1.165, 1.54) is 11.1 Å². The number of ether oxygens (including phenoxy) is 1. The van der Waals surface area contributed by atoms with E-state index in [0.717, 1.165) is 25.2 Å². The van der Waals surface area contributed by atoms with Crippen molar-refractivity contribution >= 4 is 0 Å². The highest BCUT2D eigenvalue weighted by Crippen LogP contribution is 2.29. The van der Waals surface area contributed by atoms with Crippen molar-refractivity contribution < 1.29 is 4.74 Å². The van der Waals surface area contributed by atoms with E-state index in [9.17, 15) is 0 Å². The standard InChI is InChI=1S/C17H21N3O/c1-21-17-8-4-6-14(19-17)12-20-10-9-13-5-2-3-7-15(13)16(20)11-18/h2-8,16H,9-12,18H2,1H3. The zero-order chi connectivity index (χ0) is 14.7. The minimum absolute atomic E-state index is 0.267. The summed E-state index contributed by atoms with van der Waals surface area (Å²) in [4.78, 5) is 6.91. The predicted molar refractivity (Wildman–Crippen MR) is 83.1 cm³/mol. The Morgan fingerprint density at radius 1 is 1.24 bits per heavy atom. The Morgan fingerprint density at radius 2 is 2.10 bits per heavy atom. The van der Waals surface area contributed by atoms with E-state index >= 15 is 0 Å². The molecule has 2 N–H and O–H groups in total. The van der Waals surface area contributed by atoms with Crippen molar-refractivity contribution in [1.82, 2.24) is 9.88 Å². The van der Waals surface area contributed by atoms with Gasteiger partial charge in [0.1, 0.15) is 0 Å². The quantitative estimate of drug-likeness (QED) is 0.934. The SMILES string of the molecule is COc1cccc(CN2CCc3ccccc3C2CN)n1. The van der Waals surface area contributed by atoms with Crippen molar-refractivity contribution in [2.75, 3.05) is 20.2 Å². The zero-order valence-corrected chi connectivity index (χ0v) is 12.3. The molecule has 2 aromatic rings. The van der Waals surface area contributed by atoms with E-state index in [-0.39, 0.29) is 6.04 Å². The van der Waals surface area contributed by atoms with Crippen LogP contribution in [-0.4, -0.2) is 30.1 Å². The molecule has 1 unspecified atom stereocenters. The number of benzene rings is 1. The van der Waals surface area contributed by atoms with Crippen molar-refractivity contribution in [2.45, 2.75) is 19.0 Å². The molecule has 110 valence electrons. The van der Waals surface area contributed by atoms with Crippen molar-refractivity contribution in [2.24, 2.45) is 5.73 Å². The maximum atomic E-state index is 6.03. The van der Waals surface area contributed by atoms with Gasteiger partial charge in [-0.1, -0.05) is 30.3 Å². The number of rotatable bonds is 4. The predicted octanol–water partition coefficient (Wildman–Crippen LogP) is 2.15. The molecule has 1 aliphatic heterocycles. The molecule has 2 heterocycles. The van der Waals surface area contributed by atoms with Crippen molar-refractivity contribution in [3.05, 3.63) is 59.3 Å². The van der Waals surface area contributed by atoms with Crippen LogP contribution >= 0.6 is 0 Å². The van der Waals surface area contributed by atoms with Gasteiger partial charge in [0.05, 0.1) is 12.8 Å². The molecule has 0 aliphatic carbocycles. The molecule has 0 amide bonds. The van der Waals surface area contributed by atoms with E-state index in [0.29, 0.717) is 12.4 Å². The molecule has 0 spiro atoms. The Balaban J connectivity index is 1.82. The molecule has 0 fully saturated rings. The Kier molecular flexibility index (Phi) is 4.18. The molecular formula is C17H21N3O. The van der Waals surface area contributed by atoms with E-state index in [4.69, 9.17) is 10.5 Å². The molecule has 0 saturated heterocycles. The molecule has 21 heavy (non-hydrogen) atoms. The largest absolute Gasteiger partial charge is 0.481 e. The number of methoxy groups -OCH3 is 1. The molecule has 1 atom stereocenters. The third kappa shape index (κ3) is 2.91. The first-order valence-corrected chi connectivity index (χ1v) is 7.33. The molecule has 4 nitrogen and oxygen atoms in total. The normalized spacial score (nSPS) is 18.3. The average molecular weight is 283 g/mol. The fourth-order valence-electron chi connectivity index (χ4n) is 3.04. The highest BCUT2D eigenvalue weighted by atomic mass is 16.5. The summed E-state index contributed by atoms with van der Waals surface area (Å²) in [5, 5.41) is 0. The van der Waals surface area contributed by atoms with Crippen LogP contribution in [0, 0.1) is 0 Å². The van der Waals surface area contributed by atoms with Gasteiger partial charge in [0.2, 0.25) is 5.88 Å². The number of aromatic nitrogens is 1. The Bertz CT molecular complexity index is 614. The van der Waals surface area contributed by atoms with Crippen LogP contribution < -0.4 is 10.5 Å². The summed E-state index contributed by atoms with van der Waals surface area (Å²) in [5.41, 5.74) is 9.83. The summed E-state index contributed by atoms with van der Waals surface area (Å²) in [7, 11) is 1.64. The number of hydrogen-bond donors (Lipinski definition) is 1. The first-order valence-electron chi connectivity index (χ1n) is 7.33. The maximum Gasteiger partial charge on any atom is 0.213 e. The minimum atomic E-state index is 0.267. The zero-order valence-electron chi connectivity index (χ0n) is 12.3. The summed E-state index contributed by atoms with van der Waals surface area (Å²) in [5.74, 6) is 0.661. The molecule has 4 heteroatoms. The van der Waals surface area contributed by atoms with Gasteiger partial charge in [-0.05, 0) is 23.6 Å². The Labute approximate surface area is 125 Å². The summed E-state index contributed by atoms with van der Waals surface area (Å²) in [6.07, 6.45) is 1.07. The van der Waals surface area contributed by atoms with Crippen molar-refractivity contribution in [1.29, 1.82) is 0 Å². The Morgan fingerprint density at radius 3 is 2.90 bits per heavy atom. The molecule has 1 aromatic carbocycles. The smallest absolute Gasteiger partial charge is 0.213 e. The number of fused-ring (bicyclic) bond motifs is 1. The lowest BCUT2D eigenvalue weighted by molar-refractivity contribution is 0.178. The van der Waals surface area contributed by atoms with E-state index in [1.54, 1.807) is 7.11 Å². The van der Waals surface area contributed by atoms with Gasteiger partial charge in [0.15, 0.2) is 0 Å². The fourth-order valence-corrected chi connectivity index (χ4v) is 3.04. The van der Waals surface area contributed by atoms with Gasteiger partial charge in [-0.15, -0.1) is 0 Å². The van der Waals surface area contributed by atoms with E-state index < -0.39 is 0 Å². The van der Waals surface area contributed by atoms with Crippen LogP contribution in [0.3, 0.4) is 0 Å². The highest BCUT2D eigenvalue weighted by molar-refractivity contribution is 5.33. The van der Waals surface area contributed by atoms with Gasteiger partial charge in [0.25, 0.3) is 0 Å². The number of pyridine rings is 1. The number of nitrogens with two attached hydrogens (primary N) is 1. The molecular weight excluding hydrogens is 262 g/mol. The molecule has 3 rings (SSSR count). The Hall–Kier alpha value is -1.91. The molecule has 0 radical (unpaired) electrons. The van der Waals surface area contributed by atoms with Gasteiger partial charge >= 0.3 is 0 Å². The summed E-state index contributed by atoms with van der Waals surface area (Å²) in [6, 6.07) is 14.8. The first-order chi connectivity index (χ1) is 10.3. The second kappa shape index (κ2) is 6.24. The monoisotopic (exact) mass is 283 g/mol. The topological polar surface area (TPSA) is 51.4 Å². The van der Waals surface area contributed by atoms with Crippen molar-refractivity contribution in [3.8, 4) is 5.88 Å². The van der Waals surface area contributed by atoms with Gasteiger partial charge in [-0.2, -0.15) is 0 Å². The van der Waals surface area contributed by atoms with Crippen LogP contribution in [0.5, 0.6) is 5.88 Å². The van der Waals surface area contributed by atoms with Crippen LogP contribution in [0.2, 0.25) is 0 Å². The number of nitrogens with zero attached hydrogens (tertiary/aromatic N) is 2. The summed E-state index contributed by atoms with van der Waals surface area (Å²) < 4.78 is 5.20. The lowest BCUT2D eigenvalue weighted by Gasteiger charge is -2.36. The molecule has 0 saturated carbocycles. The van der Waals surface area contributed by atoms with E-state index in [2.05, 4.69) is 34.1 Å². The lowest BCUT2D eigenvalue weighted by atomic mass is 9.92. The van der Waals surface area contributed by atoms with Crippen LogP contribution in [-0.2, 0) is 13.0 Å². The maximum absolute atomic E-state index is 6.03. The molecule has 1 aliphatic rings. The van der Waals surface area contributed by atoms with E-state index in [1.807, 2.05) is 18.2 Å². The third-order valence-electron chi connectivity index (χ3n) is 4.10.